The normalized spacial score (nSPS) is 19.0. The second-order valence-electron chi connectivity index (χ2n) is 5.11. The molecule has 0 saturated carbocycles. The molecule has 0 radical (unpaired) electrons. The van der Waals surface area contributed by atoms with E-state index in [0.29, 0.717) is 23.7 Å². The number of amides is 1. The van der Waals surface area contributed by atoms with Crippen LogP contribution in [0.15, 0.2) is 35.1 Å². The summed E-state index contributed by atoms with van der Waals surface area (Å²) < 4.78 is 10.7. The summed E-state index contributed by atoms with van der Waals surface area (Å²) in [6.45, 7) is 2.14. The summed E-state index contributed by atoms with van der Waals surface area (Å²) >= 11 is 1.34. The molecule has 9 heteroatoms. The first-order valence-electron chi connectivity index (χ1n) is 7.27. The number of carbonyl (C=O) groups is 2. The zero-order valence-electron chi connectivity index (χ0n) is 12.8. The highest BCUT2D eigenvalue weighted by atomic mass is 32.2. The standard InChI is InChI=1S/C15H14N2O6S/c1-2-22-15-13(16-11(18)7-12(16)24-15)14(19)23-8-9-3-5-10(6-4-9)17(20)21/h3-6,12H,2,7-8H2,1H3/t12-/m0/s1. The molecule has 1 atom stereocenters. The number of hydrogen-bond donors (Lipinski definition) is 0. The molecule has 1 aromatic carbocycles. The van der Waals surface area contributed by atoms with Crippen LogP contribution in [-0.2, 0) is 25.7 Å². The topological polar surface area (TPSA) is 99.0 Å². The number of nitrogens with zero attached hydrogens (tertiary/aromatic N) is 2. The van der Waals surface area contributed by atoms with Crippen LogP contribution in [0.25, 0.3) is 0 Å². The van der Waals surface area contributed by atoms with Gasteiger partial charge in [-0.05, 0) is 24.6 Å². The average Bonchev–Trinajstić information content (AvgIpc) is 2.85. The van der Waals surface area contributed by atoms with Gasteiger partial charge in [0.2, 0.25) is 5.91 Å². The van der Waals surface area contributed by atoms with Crippen molar-refractivity contribution in [3.8, 4) is 0 Å². The van der Waals surface area contributed by atoms with Gasteiger partial charge in [0.25, 0.3) is 5.69 Å². The van der Waals surface area contributed by atoms with Crippen molar-refractivity contribution in [1.82, 2.24) is 4.90 Å². The zero-order chi connectivity index (χ0) is 17.3. The molecule has 3 rings (SSSR count). The molecule has 126 valence electrons. The third-order valence-corrected chi connectivity index (χ3v) is 4.74. The second-order valence-corrected chi connectivity index (χ2v) is 6.26. The average molecular weight is 350 g/mol. The first-order valence-corrected chi connectivity index (χ1v) is 8.15. The van der Waals surface area contributed by atoms with Crippen molar-refractivity contribution in [2.45, 2.75) is 25.3 Å². The Bertz CT molecular complexity index is 730. The van der Waals surface area contributed by atoms with Gasteiger partial charge in [-0.2, -0.15) is 0 Å². The number of non-ortho nitro benzene ring substituents is 1. The fourth-order valence-electron chi connectivity index (χ4n) is 2.37. The number of rotatable bonds is 6. The van der Waals surface area contributed by atoms with E-state index in [1.165, 1.54) is 40.9 Å². The highest BCUT2D eigenvalue weighted by Gasteiger charge is 2.50. The quantitative estimate of drug-likeness (QED) is 0.335. The summed E-state index contributed by atoms with van der Waals surface area (Å²) in [5, 5.41) is 10.9. The van der Waals surface area contributed by atoms with E-state index in [0.717, 1.165) is 0 Å². The lowest BCUT2D eigenvalue weighted by atomic mass is 10.2. The van der Waals surface area contributed by atoms with Gasteiger partial charge in [-0.1, -0.05) is 11.8 Å². The molecule has 1 saturated heterocycles. The Kier molecular flexibility index (Phi) is 4.43. The highest BCUT2D eigenvalue weighted by Crippen LogP contribution is 2.46. The van der Waals surface area contributed by atoms with Crippen LogP contribution in [0.1, 0.15) is 18.9 Å². The van der Waals surface area contributed by atoms with E-state index in [1.54, 1.807) is 6.92 Å². The van der Waals surface area contributed by atoms with Gasteiger partial charge < -0.3 is 9.47 Å². The maximum atomic E-state index is 12.3. The molecule has 1 amide bonds. The van der Waals surface area contributed by atoms with Crippen LogP contribution >= 0.6 is 11.8 Å². The van der Waals surface area contributed by atoms with E-state index in [1.807, 2.05) is 0 Å². The fraction of sp³-hybridized carbons (Fsp3) is 0.333. The molecular formula is C15H14N2O6S. The van der Waals surface area contributed by atoms with Crippen LogP contribution in [0, 0.1) is 10.1 Å². The Labute approximate surface area is 141 Å². The van der Waals surface area contributed by atoms with Crippen LogP contribution in [0.4, 0.5) is 5.69 Å². The van der Waals surface area contributed by atoms with Crippen LogP contribution in [0.5, 0.6) is 0 Å². The lowest BCUT2D eigenvalue weighted by Gasteiger charge is -2.33. The number of hydrogen-bond acceptors (Lipinski definition) is 7. The van der Waals surface area contributed by atoms with Gasteiger partial charge in [0.1, 0.15) is 6.61 Å². The minimum Gasteiger partial charge on any atom is -0.485 e. The number of fused-ring (bicyclic) bond motifs is 1. The number of carbonyl (C=O) groups excluding carboxylic acids is 2. The van der Waals surface area contributed by atoms with Gasteiger partial charge in [0.05, 0.1) is 23.3 Å². The minimum absolute atomic E-state index is 0.0346. The predicted molar refractivity (Wildman–Crippen MR) is 84.4 cm³/mol. The molecule has 0 aliphatic carbocycles. The third-order valence-electron chi connectivity index (χ3n) is 3.57. The molecule has 1 fully saturated rings. The number of nitro benzene ring substituents is 1. The van der Waals surface area contributed by atoms with Gasteiger partial charge in [-0.3, -0.25) is 19.8 Å². The minimum atomic E-state index is -0.639. The van der Waals surface area contributed by atoms with Gasteiger partial charge >= 0.3 is 5.97 Å². The molecule has 0 aromatic heterocycles. The Morgan fingerprint density at radius 2 is 2.12 bits per heavy atom. The molecule has 0 bridgehead atoms. The summed E-state index contributed by atoms with van der Waals surface area (Å²) in [4.78, 5) is 35.6. The van der Waals surface area contributed by atoms with Gasteiger partial charge in [-0.15, -0.1) is 0 Å². The van der Waals surface area contributed by atoms with Crippen LogP contribution in [-0.4, -0.2) is 33.7 Å². The number of benzene rings is 1. The summed E-state index contributed by atoms with van der Waals surface area (Å²) in [5.41, 5.74) is 0.724. The summed E-state index contributed by atoms with van der Waals surface area (Å²) in [7, 11) is 0. The smallest absolute Gasteiger partial charge is 0.359 e. The van der Waals surface area contributed by atoms with Crippen LogP contribution < -0.4 is 0 Å². The Morgan fingerprint density at radius 3 is 2.71 bits per heavy atom. The maximum Gasteiger partial charge on any atom is 0.359 e. The summed E-state index contributed by atoms with van der Waals surface area (Å²) in [6.07, 6.45) is 0.375. The predicted octanol–water partition coefficient (Wildman–Crippen LogP) is 2.15. The van der Waals surface area contributed by atoms with Crippen molar-refractivity contribution in [2.24, 2.45) is 0 Å². The number of esters is 1. The highest BCUT2D eigenvalue weighted by molar-refractivity contribution is 8.03. The van der Waals surface area contributed by atoms with E-state index in [2.05, 4.69) is 0 Å². The van der Waals surface area contributed by atoms with Crippen molar-refractivity contribution in [1.29, 1.82) is 0 Å². The first-order chi connectivity index (χ1) is 11.5. The summed E-state index contributed by atoms with van der Waals surface area (Å²) in [6, 6.07) is 5.72. The summed E-state index contributed by atoms with van der Waals surface area (Å²) in [5.74, 6) is -0.774. The lowest BCUT2D eigenvalue weighted by Crippen LogP contribution is -2.48. The van der Waals surface area contributed by atoms with Gasteiger partial charge in [-0.25, -0.2) is 4.79 Å². The third kappa shape index (κ3) is 2.94. The van der Waals surface area contributed by atoms with Gasteiger partial charge in [0.15, 0.2) is 10.8 Å². The Balaban J connectivity index is 1.68. The number of ether oxygens (including phenoxy) is 2. The first kappa shape index (κ1) is 16.3. The van der Waals surface area contributed by atoms with Crippen molar-refractivity contribution in [2.75, 3.05) is 6.61 Å². The van der Waals surface area contributed by atoms with Crippen molar-refractivity contribution in [3.05, 3.63) is 50.7 Å². The SMILES string of the molecule is CCOC1=C(C(=O)OCc2ccc([N+](=O)[O-])cc2)N2C(=O)C[C@@H]2S1. The van der Waals surface area contributed by atoms with Crippen molar-refractivity contribution in [3.63, 3.8) is 0 Å². The molecule has 8 nitrogen and oxygen atoms in total. The number of β-lactam (4-membered cyclic amide) rings is 1. The molecular weight excluding hydrogens is 336 g/mol. The Hall–Kier alpha value is -2.55. The molecule has 2 aliphatic heterocycles. The number of thioether (sulfide) groups is 1. The number of nitro groups is 1. The molecule has 0 spiro atoms. The fourth-order valence-corrected chi connectivity index (χ4v) is 3.65. The largest absolute Gasteiger partial charge is 0.485 e. The van der Waals surface area contributed by atoms with Crippen LogP contribution in [0.2, 0.25) is 0 Å². The molecule has 2 aliphatic rings. The van der Waals surface area contributed by atoms with E-state index in [9.17, 15) is 19.7 Å². The van der Waals surface area contributed by atoms with Crippen LogP contribution in [0.3, 0.4) is 0 Å². The van der Waals surface area contributed by atoms with E-state index < -0.39 is 10.9 Å². The van der Waals surface area contributed by atoms with Crippen molar-refractivity contribution < 1.29 is 24.0 Å². The molecule has 1 aromatic rings. The molecule has 0 unspecified atom stereocenters. The second kappa shape index (κ2) is 6.52. The zero-order valence-corrected chi connectivity index (χ0v) is 13.6. The molecule has 2 heterocycles. The van der Waals surface area contributed by atoms with E-state index in [4.69, 9.17) is 9.47 Å². The lowest BCUT2D eigenvalue weighted by molar-refractivity contribution is -0.384. The van der Waals surface area contributed by atoms with E-state index in [-0.39, 0.29) is 29.3 Å². The molecule has 24 heavy (non-hydrogen) atoms. The monoisotopic (exact) mass is 350 g/mol. The maximum absolute atomic E-state index is 12.3. The Morgan fingerprint density at radius 1 is 1.42 bits per heavy atom. The van der Waals surface area contributed by atoms with Crippen molar-refractivity contribution >= 4 is 29.3 Å². The molecule has 0 N–H and O–H groups in total. The van der Waals surface area contributed by atoms with Gasteiger partial charge in [0, 0.05) is 12.1 Å². The van der Waals surface area contributed by atoms with E-state index >= 15 is 0 Å².